The van der Waals surface area contributed by atoms with Gasteiger partial charge in [0.15, 0.2) is 0 Å². The molecule has 0 amide bonds. The van der Waals surface area contributed by atoms with E-state index in [4.69, 9.17) is 23.2 Å². The van der Waals surface area contributed by atoms with Gasteiger partial charge >= 0.3 is 0 Å². The Balaban J connectivity index is 1.88. The summed E-state index contributed by atoms with van der Waals surface area (Å²) in [5.41, 5.74) is 1.71. The lowest BCUT2D eigenvalue weighted by Gasteiger charge is -2.04. The molecule has 0 aliphatic rings. The van der Waals surface area contributed by atoms with Gasteiger partial charge in [-0.15, -0.1) is 10.2 Å². The van der Waals surface area contributed by atoms with Crippen molar-refractivity contribution in [2.75, 3.05) is 0 Å². The molecule has 1 aromatic heterocycles. The zero-order valence-electron chi connectivity index (χ0n) is 10.4. The van der Waals surface area contributed by atoms with E-state index in [-0.39, 0.29) is 0 Å². The number of tetrazole rings is 1. The first-order chi connectivity index (χ1) is 9.74. The molecule has 3 rings (SSSR count). The lowest BCUT2D eigenvalue weighted by molar-refractivity contribution is 0.573. The number of rotatable bonds is 3. The average Bonchev–Trinajstić information content (AvgIpc) is 2.93. The van der Waals surface area contributed by atoms with Gasteiger partial charge in [0, 0.05) is 21.2 Å². The minimum absolute atomic E-state index is 0.387. The summed E-state index contributed by atoms with van der Waals surface area (Å²) in [6.45, 7) is 0.387. The predicted molar refractivity (Wildman–Crippen MR) is 78.8 cm³/mol. The topological polar surface area (TPSA) is 43.6 Å². The molecular weight excluding hydrogens is 295 g/mol. The van der Waals surface area contributed by atoms with Gasteiger partial charge in [0.2, 0.25) is 5.82 Å². The van der Waals surface area contributed by atoms with E-state index < -0.39 is 0 Å². The van der Waals surface area contributed by atoms with Gasteiger partial charge in [-0.25, -0.2) is 0 Å². The molecule has 0 saturated carbocycles. The van der Waals surface area contributed by atoms with Crippen LogP contribution in [0, 0.1) is 0 Å². The molecule has 20 heavy (non-hydrogen) atoms. The molecule has 0 saturated heterocycles. The summed E-state index contributed by atoms with van der Waals surface area (Å²) in [6, 6.07) is 15.1. The third kappa shape index (κ3) is 2.66. The largest absolute Gasteiger partial charge is 0.204 e. The lowest BCUT2D eigenvalue weighted by atomic mass is 10.2. The number of benzene rings is 2. The second-order valence-electron chi connectivity index (χ2n) is 4.21. The molecular formula is C14H10Cl2N4. The molecule has 0 aliphatic heterocycles. The maximum atomic E-state index is 6.13. The Hall–Kier alpha value is -1.91. The summed E-state index contributed by atoms with van der Waals surface area (Å²) in [6.07, 6.45) is 0. The van der Waals surface area contributed by atoms with Gasteiger partial charge in [0.1, 0.15) is 0 Å². The molecule has 6 heteroatoms. The van der Waals surface area contributed by atoms with Gasteiger partial charge in [-0.3, -0.25) is 0 Å². The zero-order chi connectivity index (χ0) is 13.9. The van der Waals surface area contributed by atoms with Crippen LogP contribution in [0.3, 0.4) is 0 Å². The van der Waals surface area contributed by atoms with Crippen LogP contribution in [0.4, 0.5) is 0 Å². The highest BCUT2D eigenvalue weighted by atomic mass is 35.5. The highest BCUT2D eigenvalue weighted by molar-refractivity contribution is 6.35. The minimum atomic E-state index is 0.387. The van der Waals surface area contributed by atoms with E-state index in [0.29, 0.717) is 22.4 Å². The van der Waals surface area contributed by atoms with Gasteiger partial charge in [-0.05, 0) is 17.3 Å². The number of halogens is 2. The zero-order valence-corrected chi connectivity index (χ0v) is 11.9. The number of hydrogen-bond donors (Lipinski definition) is 0. The highest BCUT2D eigenvalue weighted by Crippen LogP contribution is 2.24. The maximum Gasteiger partial charge on any atom is 0.204 e. The van der Waals surface area contributed by atoms with Crippen LogP contribution in [0.15, 0.2) is 48.5 Å². The van der Waals surface area contributed by atoms with E-state index in [1.54, 1.807) is 18.2 Å². The molecule has 0 aliphatic carbocycles. The van der Waals surface area contributed by atoms with Gasteiger partial charge in [-0.2, -0.15) is 4.80 Å². The Bertz CT molecular complexity index is 705. The highest BCUT2D eigenvalue weighted by Gasteiger charge is 2.10. The van der Waals surface area contributed by atoms with E-state index in [1.165, 1.54) is 4.80 Å². The van der Waals surface area contributed by atoms with Crippen molar-refractivity contribution < 1.29 is 0 Å². The van der Waals surface area contributed by atoms with Crippen LogP contribution in [0.5, 0.6) is 0 Å². The Kier molecular flexibility index (Phi) is 3.67. The Morgan fingerprint density at radius 1 is 0.900 bits per heavy atom. The van der Waals surface area contributed by atoms with Crippen LogP contribution in [0.1, 0.15) is 5.56 Å². The van der Waals surface area contributed by atoms with Gasteiger partial charge < -0.3 is 0 Å². The molecule has 100 valence electrons. The summed E-state index contributed by atoms with van der Waals surface area (Å²) >= 11 is 12.3. The molecule has 0 radical (unpaired) electrons. The van der Waals surface area contributed by atoms with Crippen molar-refractivity contribution in [1.29, 1.82) is 0 Å². The predicted octanol–water partition coefficient (Wildman–Crippen LogP) is 3.70. The minimum Gasteiger partial charge on any atom is -0.159 e. The molecule has 0 spiro atoms. The third-order valence-electron chi connectivity index (χ3n) is 2.85. The summed E-state index contributed by atoms with van der Waals surface area (Å²) in [5, 5.41) is 13.6. The molecule has 0 fully saturated rings. The second-order valence-corrected chi connectivity index (χ2v) is 5.02. The fourth-order valence-corrected chi connectivity index (χ4v) is 2.35. The summed E-state index contributed by atoms with van der Waals surface area (Å²) in [7, 11) is 0. The van der Waals surface area contributed by atoms with Gasteiger partial charge in [0.25, 0.3) is 0 Å². The monoisotopic (exact) mass is 304 g/mol. The molecule has 0 atom stereocenters. The lowest BCUT2D eigenvalue weighted by Crippen LogP contribution is -2.05. The summed E-state index contributed by atoms with van der Waals surface area (Å²) in [4.78, 5) is 1.48. The van der Waals surface area contributed by atoms with Gasteiger partial charge in [0.05, 0.1) is 6.54 Å². The normalized spacial score (nSPS) is 10.7. The van der Waals surface area contributed by atoms with Crippen molar-refractivity contribution in [3.8, 4) is 11.4 Å². The van der Waals surface area contributed by atoms with Crippen LogP contribution < -0.4 is 0 Å². The standard InChI is InChI=1S/C14H10Cl2N4/c15-12-7-4-8-13(16)11(12)9-20-18-14(17-19-20)10-5-2-1-3-6-10/h1-8H,9H2. The Morgan fingerprint density at radius 2 is 1.60 bits per heavy atom. The molecule has 3 aromatic rings. The van der Waals surface area contributed by atoms with E-state index in [1.807, 2.05) is 30.3 Å². The Labute approximate surface area is 126 Å². The molecule has 2 aromatic carbocycles. The van der Waals surface area contributed by atoms with Crippen molar-refractivity contribution in [2.24, 2.45) is 0 Å². The number of nitrogens with zero attached hydrogens (tertiary/aromatic N) is 4. The van der Waals surface area contributed by atoms with Crippen LogP contribution in [0.25, 0.3) is 11.4 Å². The quantitative estimate of drug-likeness (QED) is 0.741. The van der Waals surface area contributed by atoms with Crippen molar-refractivity contribution in [3.05, 3.63) is 64.1 Å². The summed E-state index contributed by atoms with van der Waals surface area (Å²) < 4.78 is 0. The Morgan fingerprint density at radius 3 is 2.30 bits per heavy atom. The van der Waals surface area contributed by atoms with E-state index in [0.717, 1.165) is 11.1 Å². The van der Waals surface area contributed by atoms with Crippen molar-refractivity contribution >= 4 is 23.2 Å². The third-order valence-corrected chi connectivity index (χ3v) is 3.55. The van der Waals surface area contributed by atoms with E-state index >= 15 is 0 Å². The van der Waals surface area contributed by atoms with Crippen LogP contribution >= 0.6 is 23.2 Å². The first-order valence-electron chi connectivity index (χ1n) is 6.00. The first kappa shape index (κ1) is 13.1. The summed E-state index contributed by atoms with van der Waals surface area (Å²) in [5.74, 6) is 0.578. The van der Waals surface area contributed by atoms with Gasteiger partial charge in [-0.1, -0.05) is 59.6 Å². The van der Waals surface area contributed by atoms with Crippen LogP contribution in [-0.2, 0) is 6.54 Å². The fourth-order valence-electron chi connectivity index (χ4n) is 1.84. The molecule has 1 heterocycles. The van der Waals surface area contributed by atoms with E-state index in [2.05, 4.69) is 15.4 Å². The molecule has 0 N–H and O–H groups in total. The maximum absolute atomic E-state index is 6.13. The smallest absolute Gasteiger partial charge is 0.159 e. The molecule has 4 nitrogen and oxygen atoms in total. The van der Waals surface area contributed by atoms with Crippen molar-refractivity contribution in [1.82, 2.24) is 20.2 Å². The van der Waals surface area contributed by atoms with Crippen LogP contribution in [0.2, 0.25) is 10.0 Å². The number of aromatic nitrogens is 4. The molecule has 0 unspecified atom stereocenters. The SMILES string of the molecule is Clc1cccc(Cl)c1Cn1nnc(-c2ccccc2)n1. The average molecular weight is 305 g/mol. The molecule has 0 bridgehead atoms. The van der Waals surface area contributed by atoms with Crippen LogP contribution in [-0.4, -0.2) is 20.2 Å². The second kappa shape index (κ2) is 5.61. The fraction of sp³-hybridized carbons (Fsp3) is 0.0714. The first-order valence-corrected chi connectivity index (χ1v) is 6.76. The van der Waals surface area contributed by atoms with Crippen molar-refractivity contribution in [2.45, 2.75) is 6.54 Å². The number of hydrogen-bond acceptors (Lipinski definition) is 3. The van der Waals surface area contributed by atoms with E-state index in [9.17, 15) is 0 Å². The van der Waals surface area contributed by atoms with Crippen molar-refractivity contribution in [3.63, 3.8) is 0 Å².